The number of H-pyrrole nitrogens is 2. The van der Waals surface area contributed by atoms with E-state index in [1.165, 1.54) is 0 Å². The summed E-state index contributed by atoms with van der Waals surface area (Å²) in [6.07, 6.45) is 1.77. The van der Waals surface area contributed by atoms with Gasteiger partial charge in [0.05, 0.1) is 11.7 Å². The molecule has 0 saturated heterocycles. The smallest absolute Gasteiger partial charge is 0.258 e. The second-order valence-electron chi connectivity index (χ2n) is 7.39. The summed E-state index contributed by atoms with van der Waals surface area (Å²) >= 11 is 0. The Morgan fingerprint density at radius 1 is 1.16 bits per heavy atom. The number of hydrogen-bond acceptors (Lipinski definition) is 7. The molecule has 0 spiro atoms. The molecule has 10 heteroatoms. The van der Waals surface area contributed by atoms with Crippen LogP contribution in [0.25, 0.3) is 22.3 Å². The summed E-state index contributed by atoms with van der Waals surface area (Å²) in [5, 5.41) is 24.4. The Labute approximate surface area is 185 Å². The predicted molar refractivity (Wildman–Crippen MR) is 123 cm³/mol. The highest BCUT2D eigenvalue weighted by Crippen LogP contribution is 2.23. The van der Waals surface area contributed by atoms with Gasteiger partial charge in [-0.25, -0.2) is 0 Å². The molecule has 0 radical (unpaired) electrons. The van der Waals surface area contributed by atoms with Gasteiger partial charge in [0.2, 0.25) is 5.95 Å². The van der Waals surface area contributed by atoms with Crippen molar-refractivity contribution in [1.29, 1.82) is 0 Å². The largest absolute Gasteiger partial charge is 0.484 e. The van der Waals surface area contributed by atoms with Gasteiger partial charge in [-0.1, -0.05) is 6.92 Å². The summed E-state index contributed by atoms with van der Waals surface area (Å²) in [5.41, 5.74) is 2.69. The fraction of sp³-hybridized carbons (Fsp3) is 0.273. The minimum atomic E-state index is -0.154. The van der Waals surface area contributed by atoms with Gasteiger partial charge in [0.15, 0.2) is 12.4 Å². The van der Waals surface area contributed by atoms with E-state index in [0.717, 1.165) is 35.2 Å². The standard InChI is InChI=1S/C22H26N8O2/c1-3-23-11-14(2)25-20(31)13-32-18-7-4-15(5-8-18)21-27-22(30-29-21)26-17-6-9-19-16(10-17)12-24-28-19/h4-10,12,14,23H,3,11,13H2,1-2H3,(H,24,28)(H,25,31)(H2,26,27,29,30)/t14-/m1/s1. The zero-order chi connectivity index (χ0) is 22.3. The monoisotopic (exact) mass is 434 g/mol. The van der Waals surface area contributed by atoms with E-state index in [0.29, 0.717) is 17.5 Å². The van der Waals surface area contributed by atoms with Crippen LogP contribution in [0.4, 0.5) is 11.6 Å². The van der Waals surface area contributed by atoms with Crippen molar-refractivity contribution in [2.24, 2.45) is 0 Å². The van der Waals surface area contributed by atoms with Crippen LogP contribution < -0.4 is 20.7 Å². The molecule has 5 N–H and O–H groups in total. The number of likely N-dealkylation sites (N-methyl/N-ethyl adjacent to an activating group) is 1. The molecule has 32 heavy (non-hydrogen) atoms. The highest BCUT2D eigenvalue weighted by molar-refractivity contribution is 5.82. The summed E-state index contributed by atoms with van der Waals surface area (Å²) in [6.45, 7) is 5.54. The van der Waals surface area contributed by atoms with Crippen LogP contribution in [0.1, 0.15) is 13.8 Å². The third-order valence-corrected chi connectivity index (χ3v) is 4.79. The second kappa shape index (κ2) is 9.92. The molecule has 0 unspecified atom stereocenters. The number of anilines is 2. The molecule has 166 valence electrons. The molecule has 2 heterocycles. The van der Waals surface area contributed by atoms with Gasteiger partial charge in [0.25, 0.3) is 5.91 Å². The number of aromatic amines is 2. The van der Waals surface area contributed by atoms with Crippen molar-refractivity contribution in [3.8, 4) is 17.1 Å². The van der Waals surface area contributed by atoms with Crippen molar-refractivity contribution in [3.63, 3.8) is 0 Å². The van der Waals surface area contributed by atoms with Crippen molar-refractivity contribution in [2.75, 3.05) is 25.0 Å². The van der Waals surface area contributed by atoms with E-state index >= 15 is 0 Å². The SMILES string of the molecule is CCNC[C@@H](C)NC(=O)COc1ccc(-c2nc(Nc3ccc4[nH]ncc4c3)n[nH]2)cc1. The molecule has 0 saturated carbocycles. The summed E-state index contributed by atoms with van der Waals surface area (Å²) in [7, 11) is 0. The molecule has 2 aromatic heterocycles. The van der Waals surface area contributed by atoms with Crippen LogP contribution in [0.5, 0.6) is 5.75 Å². The van der Waals surface area contributed by atoms with Gasteiger partial charge in [-0.15, -0.1) is 5.10 Å². The second-order valence-corrected chi connectivity index (χ2v) is 7.39. The van der Waals surface area contributed by atoms with Crippen LogP contribution in [-0.4, -0.2) is 57.0 Å². The third-order valence-electron chi connectivity index (χ3n) is 4.79. The molecule has 0 aliphatic rings. The minimum absolute atomic E-state index is 0.0345. The fourth-order valence-corrected chi connectivity index (χ4v) is 3.18. The number of carbonyl (C=O) groups is 1. The lowest BCUT2D eigenvalue weighted by Crippen LogP contribution is -2.41. The van der Waals surface area contributed by atoms with Crippen molar-refractivity contribution in [1.82, 2.24) is 36.0 Å². The lowest BCUT2D eigenvalue weighted by Gasteiger charge is -2.14. The molecule has 0 aliphatic carbocycles. The van der Waals surface area contributed by atoms with E-state index in [1.54, 1.807) is 18.3 Å². The average Bonchev–Trinajstić information content (AvgIpc) is 3.46. The molecule has 4 rings (SSSR count). The van der Waals surface area contributed by atoms with Crippen molar-refractivity contribution >= 4 is 28.4 Å². The molecule has 1 atom stereocenters. The Morgan fingerprint density at radius 3 is 2.81 bits per heavy atom. The van der Waals surface area contributed by atoms with Gasteiger partial charge in [0.1, 0.15) is 5.75 Å². The molecule has 1 amide bonds. The van der Waals surface area contributed by atoms with E-state index in [2.05, 4.69) is 41.3 Å². The number of hydrogen-bond donors (Lipinski definition) is 5. The highest BCUT2D eigenvalue weighted by Gasteiger charge is 2.09. The number of aromatic nitrogens is 5. The molecular formula is C22H26N8O2. The van der Waals surface area contributed by atoms with Crippen LogP contribution in [0.15, 0.2) is 48.7 Å². The van der Waals surface area contributed by atoms with E-state index in [1.807, 2.05) is 44.2 Å². The average molecular weight is 435 g/mol. The Balaban J connectivity index is 1.31. The van der Waals surface area contributed by atoms with Gasteiger partial charge in [-0.05, 0) is 55.9 Å². The lowest BCUT2D eigenvalue weighted by atomic mass is 10.2. The molecule has 2 aromatic carbocycles. The topological polar surface area (TPSA) is 133 Å². The number of ether oxygens (including phenoxy) is 1. The third kappa shape index (κ3) is 5.41. The van der Waals surface area contributed by atoms with E-state index in [9.17, 15) is 4.79 Å². The van der Waals surface area contributed by atoms with Crippen LogP contribution in [-0.2, 0) is 4.79 Å². The van der Waals surface area contributed by atoms with E-state index < -0.39 is 0 Å². The van der Waals surface area contributed by atoms with Crippen LogP contribution in [0, 0.1) is 0 Å². The van der Waals surface area contributed by atoms with Gasteiger partial charge >= 0.3 is 0 Å². The maximum atomic E-state index is 12.0. The van der Waals surface area contributed by atoms with Crippen molar-refractivity contribution in [3.05, 3.63) is 48.7 Å². The van der Waals surface area contributed by atoms with E-state index in [4.69, 9.17) is 4.74 Å². The summed E-state index contributed by atoms with van der Waals surface area (Å²) in [5.74, 6) is 1.54. The Hall–Kier alpha value is -3.92. The lowest BCUT2D eigenvalue weighted by molar-refractivity contribution is -0.123. The first kappa shape index (κ1) is 21.3. The van der Waals surface area contributed by atoms with Crippen molar-refractivity contribution in [2.45, 2.75) is 19.9 Å². The summed E-state index contributed by atoms with van der Waals surface area (Å²) in [6, 6.07) is 13.2. The first-order valence-corrected chi connectivity index (χ1v) is 10.5. The predicted octanol–water partition coefficient (Wildman–Crippen LogP) is 2.58. The summed E-state index contributed by atoms with van der Waals surface area (Å²) < 4.78 is 5.58. The van der Waals surface area contributed by atoms with Gasteiger partial charge in [-0.2, -0.15) is 10.1 Å². The Morgan fingerprint density at radius 2 is 2.00 bits per heavy atom. The molecule has 4 aromatic rings. The first-order valence-electron chi connectivity index (χ1n) is 10.5. The number of amides is 1. The van der Waals surface area contributed by atoms with Crippen molar-refractivity contribution < 1.29 is 9.53 Å². The van der Waals surface area contributed by atoms with E-state index in [-0.39, 0.29) is 18.6 Å². The molecule has 0 fully saturated rings. The Bertz CT molecular complexity index is 1170. The number of nitrogens with one attached hydrogen (secondary N) is 5. The number of benzene rings is 2. The molecule has 0 aliphatic heterocycles. The van der Waals surface area contributed by atoms with Crippen LogP contribution in [0.2, 0.25) is 0 Å². The van der Waals surface area contributed by atoms with Gasteiger partial charge in [0, 0.05) is 29.2 Å². The maximum absolute atomic E-state index is 12.0. The number of nitrogens with zero attached hydrogens (tertiary/aromatic N) is 3. The zero-order valence-electron chi connectivity index (χ0n) is 18.0. The maximum Gasteiger partial charge on any atom is 0.258 e. The highest BCUT2D eigenvalue weighted by atomic mass is 16.5. The van der Waals surface area contributed by atoms with Crippen LogP contribution >= 0.6 is 0 Å². The molecule has 0 bridgehead atoms. The first-order chi connectivity index (χ1) is 15.6. The fourth-order valence-electron chi connectivity index (χ4n) is 3.18. The van der Waals surface area contributed by atoms with Gasteiger partial charge in [-0.3, -0.25) is 15.0 Å². The van der Waals surface area contributed by atoms with Crippen LogP contribution in [0.3, 0.4) is 0 Å². The molecule has 10 nitrogen and oxygen atoms in total. The zero-order valence-corrected chi connectivity index (χ0v) is 18.0. The number of fused-ring (bicyclic) bond motifs is 1. The number of carbonyl (C=O) groups excluding carboxylic acids is 1. The normalized spacial score (nSPS) is 11.9. The van der Waals surface area contributed by atoms with Gasteiger partial charge < -0.3 is 20.7 Å². The molecular weight excluding hydrogens is 408 g/mol. The summed E-state index contributed by atoms with van der Waals surface area (Å²) in [4.78, 5) is 16.5. The number of rotatable bonds is 10. The minimum Gasteiger partial charge on any atom is -0.484 e. The quantitative estimate of drug-likeness (QED) is 0.259. The Kier molecular flexibility index (Phi) is 6.61.